The van der Waals surface area contributed by atoms with Gasteiger partial charge in [-0.3, -0.25) is 0 Å². The molecule has 21 heavy (non-hydrogen) atoms. The molecule has 0 aliphatic rings. The summed E-state index contributed by atoms with van der Waals surface area (Å²) in [5.41, 5.74) is 0.796. The van der Waals surface area contributed by atoms with Crippen LogP contribution in [0.5, 0.6) is 5.75 Å². The lowest BCUT2D eigenvalue weighted by Crippen LogP contribution is -2.23. The number of nitrogens with one attached hydrogen (secondary N) is 1. The molecule has 3 nitrogen and oxygen atoms in total. The van der Waals surface area contributed by atoms with E-state index in [1.807, 2.05) is 6.92 Å². The van der Waals surface area contributed by atoms with Crippen molar-refractivity contribution in [2.24, 2.45) is 0 Å². The zero-order chi connectivity index (χ0) is 15.8. The molecule has 0 saturated heterocycles. The van der Waals surface area contributed by atoms with Crippen LogP contribution >= 0.6 is 23.2 Å². The summed E-state index contributed by atoms with van der Waals surface area (Å²) in [5, 5.41) is 4.20. The zero-order valence-electron chi connectivity index (χ0n) is 12.0. The lowest BCUT2D eigenvalue weighted by Gasteiger charge is -2.20. The fourth-order valence-corrected chi connectivity index (χ4v) is 2.49. The van der Waals surface area contributed by atoms with Crippen molar-refractivity contribution in [2.45, 2.75) is 25.8 Å². The van der Waals surface area contributed by atoms with Gasteiger partial charge in [0.15, 0.2) is 0 Å². The van der Waals surface area contributed by atoms with E-state index in [0.717, 1.165) is 5.56 Å². The third-order valence-corrected chi connectivity index (χ3v) is 3.51. The number of rotatable bonds is 9. The molecule has 1 aromatic rings. The van der Waals surface area contributed by atoms with Gasteiger partial charge in [0, 0.05) is 23.7 Å². The normalized spacial score (nSPS) is 12.7. The highest BCUT2D eigenvalue weighted by Crippen LogP contribution is 2.34. The highest BCUT2D eigenvalue weighted by atomic mass is 35.5. The molecule has 1 atom stereocenters. The molecular weight excluding hydrogens is 323 g/mol. The van der Waals surface area contributed by atoms with Crippen LogP contribution in [0.2, 0.25) is 10.0 Å². The van der Waals surface area contributed by atoms with Gasteiger partial charge in [0.05, 0.1) is 12.1 Å². The molecule has 0 aromatic heterocycles. The average molecular weight is 342 g/mol. The Hall–Kier alpha value is -0.620. The number of ether oxygens (including phenoxy) is 2. The van der Waals surface area contributed by atoms with Gasteiger partial charge in [-0.05, 0) is 24.6 Å². The van der Waals surface area contributed by atoms with Crippen LogP contribution in [0.1, 0.15) is 24.9 Å². The summed E-state index contributed by atoms with van der Waals surface area (Å²) >= 11 is 12.3. The Kier molecular flexibility index (Phi) is 8.26. The minimum absolute atomic E-state index is 0.122. The molecule has 0 aliphatic carbocycles. The number of methoxy groups -OCH3 is 1. The summed E-state index contributed by atoms with van der Waals surface area (Å²) in [6.45, 7) is 2.31. The Balaban J connectivity index is 2.77. The van der Waals surface area contributed by atoms with Gasteiger partial charge in [0.1, 0.15) is 12.4 Å². The molecule has 0 spiro atoms. The van der Waals surface area contributed by atoms with Crippen LogP contribution in [0.15, 0.2) is 12.1 Å². The van der Waals surface area contributed by atoms with Gasteiger partial charge >= 0.3 is 0 Å². The van der Waals surface area contributed by atoms with E-state index < -0.39 is 13.0 Å². The van der Waals surface area contributed by atoms with E-state index in [-0.39, 0.29) is 12.6 Å². The monoisotopic (exact) mass is 341 g/mol. The standard InChI is InChI=1S/C14H19Cl2F2NO2/c1-3-19-12(4-5-21-8-14(17)18)9-6-11(16)13(20-2)7-10(9)15/h6-7,12,14,19H,3-5,8H2,1-2H3. The molecule has 0 radical (unpaired) electrons. The summed E-state index contributed by atoms with van der Waals surface area (Å²) in [4.78, 5) is 0. The number of alkyl halides is 2. The minimum atomic E-state index is -2.46. The highest BCUT2D eigenvalue weighted by Gasteiger charge is 2.17. The van der Waals surface area contributed by atoms with E-state index in [1.165, 1.54) is 7.11 Å². The van der Waals surface area contributed by atoms with E-state index in [0.29, 0.717) is 28.8 Å². The van der Waals surface area contributed by atoms with E-state index in [1.54, 1.807) is 12.1 Å². The predicted octanol–water partition coefficient (Wildman–Crippen LogP) is 4.32. The van der Waals surface area contributed by atoms with Crippen LogP contribution in [0.4, 0.5) is 8.78 Å². The summed E-state index contributed by atoms with van der Waals surface area (Å²) in [6, 6.07) is 3.25. The molecule has 0 aliphatic heterocycles. The first-order chi connectivity index (χ1) is 9.99. The summed E-state index contributed by atoms with van der Waals surface area (Å²) in [6.07, 6.45) is -1.94. The van der Waals surface area contributed by atoms with Crippen molar-refractivity contribution in [3.63, 3.8) is 0 Å². The Morgan fingerprint density at radius 1 is 1.24 bits per heavy atom. The second-order valence-corrected chi connectivity index (χ2v) is 5.19. The summed E-state index contributed by atoms with van der Waals surface area (Å²) < 4.78 is 34.1. The SMILES string of the molecule is CCNC(CCOCC(F)F)c1cc(Cl)c(OC)cc1Cl. The average Bonchev–Trinajstić information content (AvgIpc) is 2.44. The Morgan fingerprint density at radius 3 is 2.52 bits per heavy atom. The quantitative estimate of drug-likeness (QED) is 0.678. The molecule has 0 amide bonds. The first-order valence-electron chi connectivity index (χ1n) is 6.61. The molecule has 1 rings (SSSR count). The van der Waals surface area contributed by atoms with Gasteiger partial charge in [0.2, 0.25) is 0 Å². The molecule has 120 valence electrons. The van der Waals surface area contributed by atoms with Crippen LogP contribution in [-0.4, -0.2) is 33.3 Å². The number of hydrogen-bond donors (Lipinski definition) is 1. The van der Waals surface area contributed by atoms with Crippen molar-refractivity contribution < 1.29 is 18.3 Å². The number of hydrogen-bond acceptors (Lipinski definition) is 3. The Bertz CT molecular complexity index is 447. The maximum absolute atomic E-state index is 12.0. The van der Waals surface area contributed by atoms with Crippen LogP contribution in [0.3, 0.4) is 0 Å². The first kappa shape index (κ1) is 18.4. The lowest BCUT2D eigenvalue weighted by atomic mass is 10.0. The van der Waals surface area contributed by atoms with Crippen molar-refractivity contribution in [2.75, 3.05) is 26.9 Å². The topological polar surface area (TPSA) is 30.5 Å². The third kappa shape index (κ3) is 5.94. The number of halogens is 4. The second-order valence-electron chi connectivity index (χ2n) is 4.37. The molecule has 0 fully saturated rings. The van der Waals surface area contributed by atoms with Crippen LogP contribution < -0.4 is 10.1 Å². The molecule has 0 bridgehead atoms. The Morgan fingerprint density at radius 2 is 1.95 bits per heavy atom. The van der Waals surface area contributed by atoms with E-state index in [9.17, 15) is 8.78 Å². The van der Waals surface area contributed by atoms with Gasteiger partial charge in [0.25, 0.3) is 6.43 Å². The van der Waals surface area contributed by atoms with Crippen molar-refractivity contribution in [3.05, 3.63) is 27.7 Å². The predicted molar refractivity (Wildman–Crippen MR) is 80.9 cm³/mol. The van der Waals surface area contributed by atoms with E-state index in [4.69, 9.17) is 32.7 Å². The molecule has 1 aromatic carbocycles. The third-order valence-electron chi connectivity index (χ3n) is 2.89. The van der Waals surface area contributed by atoms with Crippen molar-refractivity contribution in [3.8, 4) is 5.75 Å². The molecule has 0 saturated carbocycles. The van der Waals surface area contributed by atoms with Gasteiger partial charge in [-0.25, -0.2) is 8.78 Å². The highest BCUT2D eigenvalue weighted by molar-refractivity contribution is 6.34. The maximum atomic E-state index is 12.0. The fourth-order valence-electron chi connectivity index (χ4n) is 1.95. The van der Waals surface area contributed by atoms with Gasteiger partial charge in [-0.15, -0.1) is 0 Å². The molecule has 1 unspecified atom stereocenters. The smallest absolute Gasteiger partial charge is 0.261 e. The second kappa shape index (κ2) is 9.41. The van der Waals surface area contributed by atoms with E-state index >= 15 is 0 Å². The number of benzene rings is 1. The lowest BCUT2D eigenvalue weighted by molar-refractivity contribution is 0.0144. The van der Waals surface area contributed by atoms with Gasteiger partial charge in [-0.1, -0.05) is 30.1 Å². The Labute approximate surface area is 133 Å². The van der Waals surface area contributed by atoms with Crippen LogP contribution in [0.25, 0.3) is 0 Å². The van der Waals surface area contributed by atoms with Crippen LogP contribution in [-0.2, 0) is 4.74 Å². The van der Waals surface area contributed by atoms with E-state index in [2.05, 4.69) is 5.32 Å². The molecule has 0 heterocycles. The maximum Gasteiger partial charge on any atom is 0.261 e. The minimum Gasteiger partial charge on any atom is -0.495 e. The van der Waals surface area contributed by atoms with Gasteiger partial charge in [-0.2, -0.15) is 0 Å². The molecule has 7 heteroatoms. The van der Waals surface area contributed by atoms with Crippen molar-refractivity contribution in [1.29, 1.82) is 0 Å². The summed E-state index contributed by atoms with van der Waals surface area (Å²) in [7, 11) is 1.51. The molecule has 1 N–H and O–H groups in total. The zero-order valence-corrected chi connectivity index (χ0v) is 13.5. The van der Waals surface area contributed by atoms with Crippen LogP contribution in [0, 0.1) is 0 Å². The summed E-state index contributed by atoms with van der Waals surface area (Å²) in [5.74, 6) is 0.495. The van der Waals surface area contributed by atoms with Gasteiger partial charge < -0.3 is 14.8 Å². The fraction of sp³-hybridized carbons (Fsp3) is 0.571. The van der Waals surface area contributed by atoms with Crippen molar-refractivity contribution in [1.82, 2.24) is 5.32 Å². The largest absolute Gasteiger partial charge is 0.495 e. The first-order valence-corrected chi connectivity index (χ1v) is 7.37. The molecular formula is C14H19Cl2F2NO2. The van der Waals surface area contributed by atoms with Crippen molar-refractivity contribution >= 4 is 23.2 Å².